The fourth-order valence-corrected chi connectivity index (χ4v) is 1.59. The average molecular weight is 254 g/mol. The number of halogens is 1. The summed E-state index contributed by atoms with van der Waals surface area (Å²) in [7, 11) is 0. The van der Waals surface area contributed by atoms with Gasteiger partial charge < -0.3 is 15.2 Å². The minimum atomic E-state index is -1.11. The van der Waals surface area contributed by atoms with Gasteiger partial charge in [-0.2, -0.15) is 0 Å². The highest BCUT2D eigenvalue weighted by molar-refractivity contribution is 6.31. The van der Waals surface area contributed by atoms with Crippen LogP contribution in [-0.2, 0) is 9.53 Å². The van der Waals surface area contributed by atoms with Gasteiger partial charge in [0.25, 0.3) is 0 Å². The van der Waals surface area contributed by atoms with Crippen LogP contribution in [0.25, 0.3) is 0 Å². The molecule has 1 atom stereocenters. The third-order valence-electron chi connectivity index (χ3n) is 2.16. The minimum Gasteiger partial charge on any atom is -0.478 e. The van der Waals surface area contributed by atoms with Gasteiger partial charge in [-0.25, -0.2) is 9.59 Å². The molecule has 1 aromatic carbocycles. The van der Waals surface area contributed by atoms with Crippen molar-refractivity contribution in [3.8, 4) is 0 Å². The molecule has 2 N–H and O–H groups in total. The van der Waals surface area contributed by atoms with Crippen molar-refractivity contribution in [3.05, 3.63) is 40.9 Å². The second-order valence-corrected chi connectivity index (χ2v) is 3.79. The van der Waals surface area contributed by atoms with E-state index in [0.717, 1.165) is 0 Å². The summed E-state index contributed by atoms with van der Waals surface area (Å²) in [6.45, 7) is 0. The number of carboxylic acids is 1. The Labute approximate surface area is 102 Å². The molecule has 6 heteroatoms. The lowest BCUT2D eigenvalue weighted by molar-refractivity contribution is -0.137. The quantitative estimate of drug-likeness (QED) is 0.805. The SMILES string of the molecule is O=C1C=CC(Nc2ccc(Cl)cc2C(=O)O)O1. The number of ether oxygens (including phenoxy) is 1. The third kappa shape index (κ3) is 2.57. The molecule has 1 aromatic rings. The van der Waals surface area contributed by atoms with E-state index in [1.165, 1.54) is 24.3 Å². The highest BCUT2D eigenvalue weighted by Gasteiger charge is 2.19. The topological polar surface area (TPSA) is 75.6 Å². The van der Waals surface area contributed by atoms with E-state index < -0.39 is 18.2 Å². The summed E-state index contributed by atoms with van der Waals surface area (Å²) in [6.07, 6.45) is 2.12. The van der Waals surface area contributed by atoms with Crippen LogP contribution >= 0.6 is 11.6 Å². The molecule has 1 heterocycles. The first-order chi connectivity index (χ1) is 8.06. The minimum absolute atomic E-state index is 0.0221. The number of hydrogen-bond acceptors (Lipinski definition) is 4. The van der Waals surface area contributed by atoms with Gasteiger partial charge in [-0.1, -0.05) is 11.6 Å². The predicted octanol–water partition coefficient (Wildman–Crippen LogP) is 1.89. The smallest absolute Gasteiger partial charge is 0.337 e. The monoisotopic (exact) mass is 253 g/mol. The molecule has 0 aliphatic carbocycles. The number of carbonyl (C=O) groups excluding carboxylic acids is 1. The Morgan fingerprint density at radius 1 is 1.47 bits per heavy atom. The van der Waals surface area contributed by atoms with Crippen LogP contribution in [0, 0.1) is 0 Å². The number of anilines is 1. The van der Waals surface area contributed by atoms with Crippen LogP contribution in [0.1, 0.15) is 10.4 Å². The molecule has 1 unspecified atom stereocenters. The lowest BCUT2D eigenvalue weighted by atomic mass is 10.2. The molecule has 88 valence electrons. The molecule has 0 fully saturated rings. The highest BCUT2D eigenvalue weighted by Crippen LogP contribution is 2.22. The predicted molar refractivity (Wildman–Crippen MR) is 61.1 cm³/mol. The molecule has 0 spiro atoms. The largest absolute Gasteiger partial charge is 0.478 e. The zero-order chi connectivity index (χ0) is 12.4. The number of carbonyl (C=O) groups is 2. The van der Waals surface area contributed by atoms with Crippen LogP contribution in [0.4, 0.5) is 5.69 Å². The zero-order valence-corrected chi connectivity index (χ0v) is 9.27. The van der Waals surface area contributed by atoms with Crippen molar-refractivity contribution in [2.45, 2.75) is 6.23 Å². The molecule has 0 saturated carbocycles. The van der Waals surface area contributed by atoms with E-state index in [1.807, 2.05) is 0 Å². The summed E-state index contributed by atoms with van der Waals surface area (Å²) in [5, 5.41) is 12.1. The number of hydrogen-bond donors (Lipinski definition) is 2. The van der Waals surface area contributed by atoms with Crippen molar-refractivity contribution >= 4 is 29.2 Å². The Hall–Kier alpha value is -2.01. The van der Waals surface area contributed by atoms with Gasteiger partial charge >= 0.3 is 11.9 Å². The normalized spacial score (nSPS) is 17.9. The Kier molecular flexibility index (Phi) is 3.01. The first kappa shape index (κ1) is 11.5. The van der Waals surface area contributed by atoms with Crippen LogP contribution < -0.4 is 5.32 Å². The molecule has 0 amide bonds. The number of rotatable bonds is 3. The summed E-state index contributed by atoms with van der Waals surface area (Å²) in [5.41, 5.74) is 0.361. The molecule has 5 nitrogen and oxygen atoms in total. The van der Waals surface area contributed by atoms with Crippen molar-refractivity contribution < 1.29 is 19.4 Å². The Balaban J connectivity index is 2.23. The van der Waals surface area contributed by atoms with Crippen molar-refractivity contribution in [1.82, 2.24) is 0 Å². The summed E-state index contributed by atoms with van der Waals surface area (Å²) in [5.74, 6) is -1.57. The number of esters is 1. The molecular formula is C11H8ClNO4. The van der Waals surface area contributed by atoms with Gasteiger partial charge in [0.15, 0.2) is 6.23 Å². The van der Waals surface area contributed by atoms with E-state index in [2.05, 4.69) is 5.32 Å². The summed E-state index contributed by atoms with van der Waals surface area (Å²) in [6, 6.07) is 4.40. The zero-order valence-electron chi connectivity index (χ0n) is 8.51. The average Bonchev–Trinajstić information content (AvgIpc) is 2.66. The van der Waals surface area contributed by atoms with E-state index >= 15 is 0 Å². The fourth-order valence-electron chi connectivity index (χ4n) is 1.42. The second kappa shape index (κ2) is 4.47. The van der Waals surface area contributed by atoms with Crippen molar-refractivity contribution in [2.24, 2.45) is 0 Å². The van der Waals surface area contributed by atoms with Gasteiger partial charge in [0.05, 0.1) is 11.3 Å². The number of carboxylic acid groups (broad SMARTS) is 1. The lowest BCUT2D eigenvalue weighted by Gasteiger charge is -2.14. The molecule has 0 saturated heterocycles. The molecule has 0 radical (unpaired) electrons. The molecule has 2 rings (SSSR count). The molecule has 0 aromatic heterocycles. The van der Waals surface area contributed by atoms with E-state index in [4.69, 9.17) is 21.4 Å². The van der Waals surface area contributed by atoms with Gasteiger partial charge in [0.1, 0.15) is 0 Å². The maximum absolute atomic E-state index is 11.0. The first-order valence-electron chi connectivity index (χ1n) is 4.74. The number of cyclic esters (lactones) is 1. The van der Waals surface area contributed by atoms with E-state index in [1.54, 1.807) is 6.07 Å². The first-order valence-corrected chi connectivity index (χ1v) is 5.12. The van der Waals surface area contributed by atoms with Crippen LogP contribution in [0.5, 0.6) is 0 Å². The number of benzene rings is 1. The fraction of sp³-hybridized carbons (Fsp3) is 0.0909. The van der Waals surface area contributed by atoms with Crippen molar-refractivity contribution in [1.29, 1.82) is 0 Å². The number of aromatic carboxylic acids is 1. The van der Waals surface area contributed by atoms with Crippen molar-refractivity contribution in [3.63, 3.8) is 0 Å². The molecular weight excluding hydrogens is 246 g/mol. The second-order valence-electron chi connectivity index (χ2n) is 3.36. The molecule has 0 bridgehead atoms. The van der Waals surface area contributed by atoms with Crippen LogP contribution in [-0.4, -0.2) is 23.3 Å². The van der Waals surface area contributed by atoms with Crippen molar-refractivity contribution in [2.75, 3.05) is 5.32 Å². The number of nitrogens with one attached hydrogen (secondary N) is 1. The summed E-state index contributed by atoms with van der Waals surface area (Å²) < 4.78 is 4.84. The highest BCUT2D eigenvalue weighted by atomic mass is 35.5. The van der Waals surface area contributed by atoms with E-state index in [9.17, 15) is 9.59 Å². The molecule has 1 aliphatic heterocycles. The summed E-state index contributed by atoms with van der Waals surface area (Å²) in [4.78, 5) is 21.8. The van der Waals surface area contributed by atoms with E-state index in [-0.39, 0.29) is 5.56 Å². The van der Waals surface area contributed by atoms with Crippen LogP contribution in [0.2, 0.25) is 5.02 Å². The van der Waals surface area contributed by atoms with Gasteiger partial charge in [0, 0.05) is 11.1 Å². The summed E-state index contributed by atoms with van der Waals surface area (Å²) >= 11 is 5.71. The van der Waals surface area contributed by atoms with Gasteiger partial charge in [0.2, 0.25) is 0 Å². The molecule has 1 aliphatic rings. The Bertz CT molecular complexity index is 512. The standard InChI is InChI=1S/C11H8ClNO4/c12-6-1-2-8(7(5-6)11(15)16)13-9-3-4-10(14)17-9/h1-5,9,13H,(H,15,16). The van der Waals surface area contributed by atoms with Gasteiger partial charge in [-0.15, -0.1) is 0 Å². The Morgan fingerprint density at radius 2 is 2.24 bits per heavy atom. The maximum Gasteiger partial charge on any atom is 0.337 e. The van der Waals surface area contributed by atoms with Gasteiger partial charge in [-0.3, -0.25) is 0 Å². The van der Waals surface area contributed by atoms with Crippen LogP contribution in [0.3, 0.4) is 0 Å². The van der Waals surface area contributed by atoms with Gasteiger partial charge in [-0.05, 0) is 24.3 Å². The van der Waals surface area contributed by atoms with Crippen LogP contribution in [0.15, 0.2) is 30.4 Å². The third-order valence-corrected chi connectivity index (χ3v) is 2.40. The Morgan fingerprint density at radius 3 is 2.82 bits per heavy atom. The maximum atomic E-state index is 11.0. The molecule has 17 heavy (non-hydrogen) atoms. The lowest BCUT2D eigenvalue weighted by Crippen LogP contribution is -2.20. The van der Waals surface area contributed by atoms with E-state index in [0.29, 0.717) is 10.7 Å².